The van der Waals surface area contributed by atoms with Crippen molar-refractivity contribution in [2.75, 3.05) is 0 Å². The largest absolute Gasteiger partial charge is 0.0622 e. The molecule has 0 N–H and O–H groups in total. The molecule has 0 aliphatic heterocycles. The van der Waals surface area contributed by atoms with Crippen molar-refractivity contribution in [1.29, 1.82) is 0 Å². The highest BCUT2D eigenvalue weighted by Crippen LogP contribution is 2.39. The van der Waals surface area contributed by atoms with Gasteiger partial charge in [-0.25, -0.2) is 0 Å². The Labute approximate surface area is 203 Å². The Balaban J connectivity index is 0.000000131. The molecule has 158 valence electrons. The van der Waals surface area contributed by atoms with Gasteiger partial charge in [0.1, 0.15) is 0 Å². The number of rotatable bonds is 1. The zero-order chi connectivity index (χ0) is 22.2. The second-order valence-electron chi connectivity index (χ2n) is 8.71. The minimum Gasteiger partial charge on any atom is -0.0622 e. The summed E-state index contributed by atoms with van der Waals surface area (Å²) in [6.07, 6.45) is 2.15. The molecule has 5 aromatic carbocycles. The predicted molar refractivity (Wildman–Crippen MR) is 143 cm³/mol. The van der Waals surface area contributed by atoms with Crippen LogP contribution in [0.5, 0.6) is 0 Å². The van der Waals surface area contributed by atoms with Crippen LogP contribution in [0.1, 0.15) is 22.3 Å². The summed E-state index contributed by atoms with van der Waals surface area (Å²) in [5.41, 5.74) is 13.9. The molecule has 0 fully saturated rings. The lowest BCUT2D eigenvalue weighted by Gasteiger charge is -2.06. The molecule has 7 rings (SSSR count). The summed E-state index contributed by atoms with van der Waals surface area (Å²) in [4.78, 5) is 0. The van der Waals surface area contributed by atoms with Crippen molar-refractivity contribution in [2.45, 2.75) is 12.8 Å². The Bertz CT molecular complexity index is 1460. The van der Waals surface area contributed by atoms with E-state index < -0.39 is 0 Å². The van der Waals surface area contributed by atoms with Gasteiger partial charge in [0.05, 0.1) is 0 Å². The van der Waals surface area contributed by atoms with Crippen molar-refractivity contribution < 1.29 is 0 Å². The van der Waals surface area contributed by atoms with Crippen LogP contribution in [0.2, 0.25) is 0 Å². The first-order valence-electron chi connectivity index (χ1n) is 11.4. The Morgan fingerprint density at radius 2 is 0.909 bits per heavy atom. The Hall–Kier alpha value is -3.42. The summed E-state index contributed by atoms with van der Waals surface area (Å²) in [6, 6.07) is 41.3. The maximum atomic E-state index is 3.52. The van der Waals surface area contributed by atoms with Crippen LogP contribution in [-0.2, 0) is 12.8 Å². The molecule has 0 unspecified atom stereocenters. The van der Waals surface area contributed by atoms with Crippen LogP contribution in [0.25, 0.3) is 33.4 Å². The monoisotopic (exact) mass is 486 g/mol. The third-order valence-electron chi connectivity index (χ3n) is 6.67. The van der Waals surface area contributed by atoms with Gasteiger partial charge in [-0.3, -0.25) is 0 Å². The highest BCUT2D eigenvalue weighted by atomic mass is 79.9. The van der Waals surface area contributed by atoms with Crippen molar-refractivity contribution in [2.24, 2.45) is 0 Å². The molecule has 5 aromatic rings. The summed E-state index contributed by atoms with van der Waals surface area (Å²) in [7, 11) is 0. The molecule has 0 saturated heterocycles. The molecule has 2 aliphatic carbocycles. The molecule has 2 aliphatic rings. The molecule has 0 nitrogen and oxygen atoms in total. The van der Waals surface area contributed by atoms with E-state index in [4.69, 9.17) is 0 Å². The van der Waals surface area contributed by atoms with Gasteiger partial charge in [0.15, 0.2) is 0 Å². The van der Waals surface area contributed by atoms with E-state index in [2.05, 4.69) is 131 Å². The topological polar surface area (TPSA) is 0 Å². The fraction of sp³-hybridized carbons (Fsp3) is 0.0625. The van der Waals surface area contributed by atoms with Gasteiger partial charge in [0.2, 0.25) is 0 Å². The van der Waals surface area contributed by atoms with Crippen molar-refractivity contribution in [3.63, 3.8) is 0 Å². The maximum Gasteiger partial charge on any atom is 0.0181 e. The van der Waals surface area contributed by atoms with Gasteiger partial charge in [-0.05, 0) is 86.7 Å². The summed E-state index contributed by atoms with van der Waals surface area (Å²) in [5.74, 6) is 0. The highest BCUT2D eigenvalue weighted by Gasteiger charge is 2.18. The average Bonchev–Trinajstić information content (AvgIpc) is 3.42. The highest BCUT2D eigenvalue weighted by molar-refractivity contribution is 9.10. The summed E-state index contributed by atoms with van der Waals surface area (Å²) in [5, 5.41) is 0. The quantitative estimate of drug-likeness (QED) is 0.217. The molecule has 0 atom stereocenters. The van der Waals surface area contributed by atoms with E-state index in [1.54, 1.807) is 0 Å². The van der Waals surface area contributed by atoms with E-state index >= 15 is 0 Å². The Morgan fingerprint density at radius 1 is 0.394 bits per heavy atom. The lowest BCUT2D eigenvalue weighted by Crippen LogP contribution is -1.82. The molecular formula is C32H23Br. The molecule has 33 heavy (non-hydrogen) atoms. The fourth-order valence-corrected chi connectivity index (χ4v) is 5.39. The first-order valence-corrected chi connectivity index (χ1v) is 12.2. The van der Waals surface area contributed by atoms with Crippen LogP contribution in [0.3, 0.4) is 0 Å². The van der Waals surface area contributed by atoms with Crippen LogP contribution in [0, 0.1) is 0 Å². The third-order valence-corrected chi connectivity index (χ3v) is 7.16. The summed E-state index contributed by atoms with van der Waals surface area (Å²) < 4.78 is 1.16. The molecule has 0 saturated carbocycles. The van der Waals surface area contributed by atoms with Gasteiger partial charge in [0, 0.05) is 4.47 Å². The molecule has 0 amide bonds. The van der Waals surface area contributed by atoms with Crippen LogP contribution in [0.15, 0.2) is 120 Å². The average molecular weight is 487 g/mol. The van der Waals surface area contributed by atoms with Gasteiger partial charge in [-0.2, -0.15) is 0 Å². The lowest BCUT2D eigenvalue weighted by atomic mass is 9.99. The lowest BCUT2D eigenvalue weighted by molar-refractivity contribution is 1.26. The van der Waals surface area contributed by atoms with Crippen molar-refractivity contribution in [3.05, 3.63) is 142 Å². The first-order chi connectivity index (χ1) is 16.3. The van der Waals surface area contributed by atoms with Crippen molar-refractivity contribution in [3.8, 4) is 33.4 Å². The standard InChI is InChI=1S/C19H14.C13H9Br/c1-2-6-14(7-3-1)15-10-11-17-12-16-8-4-5-9-18(16)19(17)13-15;14-11-6-5-10-7-9-3-1-2-4-12(9)13(10)8-11/h1-11,13H,12H2;1-6,8H,7H2. The van der Waals surface area contributed by atoms with Gasteiger partial charge in [-0.15, -0.1) is 0 Å². The smallest absolute Gasteiger partial charge is 0.0181 e. The molecule has 0 spiro atoms. The van der Waals surface area contributed by atoms with E-state index in [-0.39, 0.29) is 0 Å². The number of benzene rings is 5. The van der Waals surface area contributed by atoms with Gasteiger partial charge < -0.3 is 0 Å². The van der Waals surface area contributed by atoms with Gasteiger partial charge in [0.25, 0.3) is 0 Å². The van der Waals surface area contributed by atoms with Crippen LogP contribution in [-0.4, -0.2) is 0 Å². The number of fused-ring (bicyclic) bond motifs is 6. The molecular weight excluding hydrogens is 464 g/mol. The molecule has 0 bridgehead atoms. The van der Waals surface area contributed by atoms with E-state index in [0.717, 1.165) is 17.3 Å². The van der Waals surface area contributed by atoms with E-state index in [9.17, 15) is 0 Å². The Kier molecular flexibility index (Phi) is 5.20. The second-order valence-corrected chi connectivity index (χ2v) is 9.62. The zero-order valence-electron chi connectivity index (χ0n) is 18.3. The minimum atomic E-state index is 1.07. The molecule has 0 aromatic heterocycles. The fourth-order valence-electron chi connectivity index (χ4n) is 5.03. The van der Waals surface area contributed by atoms with Crippen molar-refractivity contribution >= 4 is 15.9 Å². The minimum absolute atomic E-state index is 1.07. The van der Waals surface area contributed by atoms with Gasteiger partial charge >= 0.3 is 0 Å². The second kappa shape index (κ2) is 8.50. The Morgan fingerprint density at radius 3 is 1.58 bits per heavy atom. The first kappa shape index (κ1) is 20.2. The van der Waals surface area contributed by atoms with Crippen LogP contribution in [0.4, 0.5) is 0 Å². The number of halogens is 1. The normalized spacial score (nSPS) is 12.2. The van der Waals surface area contributed by atoms with Crippen LogP contribution >= 0.6 is 15.9 Å². The van der Waals surface area contributed by atoms with E-state index in [1.807, 2.05) is 0 Å². The summed E-state index contributed by atoms with van der Waals surface area (Å²) in [6.45, 7) is 0. The molecule has 0 heterocycles. The molecule has 0 radical (unpaired) electrons. The third kappa shape index (κ3) is 3.83. The number of hydrogen-bond donors (Lipinski definition) is 0. The predicted octanol–water partition coefficient (Wildman–Crippen LogP) is 8.95. The molecule has 1 heteroatoms. The van der Waals surface area contributed by atoms with E-state index in [0.29, 0.717) is 0 Å². The van der Waals surface area contributed by atoms with Gasteiger partial charge in [-0.1, -0.05) is 113 Å². The SMILES string of the molecule is Brc1ccc2c(c1)-c1ccccc1C2.c1ccc(-c2ccc3c(c2)-c2ccccc2C3)cc1. The van der Waals surface area contributed by atoms with E-state index in [1.165, 1.54) is 55.6 Å². The number of hydrogen-bond acceptors (Lipinski definition) is 0. The van der Waals surface area contributed by atoms with Crippen molar-refractivity contribution in [1.82, 2.24) is 0 Å². The zero-order valence-corrected chi connectivity index (χ0v) is 19.8. The summed E-state index contributed by atoms with van der Waals surface area (Å²) >= 11 is 3.52. The van der Waals surface area contributed by atoms with Crippen LogP contribution < -0.4 is 0 Å². The maximum absolute atomic E-state index is 3.52.